The predicted molar refractivity (Wildman–Crippen MR) is 24.4 cm³/mol. The number of nitrogens with zero attached hydrogens (tertiary/aromatic N) is 2. The molecule has 0 aromatic carbocycles. The van der Waals surface area contributed by atoms with Gasteiger partial charge in [0, 0.05) is 12.1 Å². The second-order valence-corrected chi connectivity index (χ2v) is 1.29. The first-order valence-electron chi connectivity index (χ1n) is 2.08. The third-order valence-electron chi connectivity index (χ3n) is 0.733. The van der Waals surface area contributed by atoms with Crippen LogP contribution in [0.5, 0.6) is 0 Å². The van der Waals surface area contributed by atoms with E-state index >= 15 is 0 Å². The summed E-state index contributed by atoms with van der Waals surface area (Å²) in [5.41, 5.74) is 0. The van der Waals surface area contributed by atoms with Crippen molar-refractivity contribution in [1.29, 1.82) is 0 Å². The maximum absolute atomic E-state index is 10.2. The van der Waals surface area contributed by atoms with E-state index in [0.29, 0.717) is 0 Å². The second kappa shape index (κ2) is 1.65. The average molecular weight is 112 g/mol. The summed E-state index contributed by atoms with van der Waals surface area (Å²) in [6.45, 7) is 0. The van der Waals surface area contributed by atoms with Gasteiger partial charge in [-0.2, -0.15) is 0 Å². The lowest BCUT2D eigenvalue weighted by atomic mass is 10.6. The van der Waals surface area contributed by atoms with Crippen LogP contribution in [0, 0.1) is 10.4 Å². The molecule has 0 N–H and O–H groups in total. The van der Waals surface area contributed by atoms with Gasteiger partial charge in [-0.05, 0) is 0 Å². The van der Waals surface area contributed by atoms with E-state index in [0.717, 1.165) is 12.4 Å². The minimum absolute atomic E-state index is 0.194. The van der Waals surface area contributed by atoms with Gasteiger partial charge in [0.25, 0.3) is 12.4 Å². The molecular weight excluding hydrogens is 108 g/mol. The molecule has 0 radical (unpaired) electrons. The Morgan fingerprint density at radius 2 is 1.25 bits per heavy atom. The first-order chi connectivity index (χ1) is 3.80. The molecule has 4 nitrogen and oxygen atoms in total. The topological polar surface area (TPSA) is 53.9 Å². The van der Waals surface area contributed by atoms with Gasteiger partial charge in [-0.25, -0.2) is 0 Å². The molecule has 1 heterocycles. The Bertz CT molecular complexity index is 168. The van der Waals surface area contributed by atoms with Crippen molar-refractivity contribution in [3.63, 3.8) is 0 Å². The van der Waals surface area contributed by atoms with Crippen LogP contribution in [0.3, 0.4) is 0 Å². The Labute approximate surface area is 45.8 Å². The van der Waals surface area contributed by atoms with Gasteiger partial charge in [-0.15, -0.1) is 0 Å². The normalized spacial score (nSPS) is 9.00. The van der Waals surface area contributed by atoms with Gasteiger partial charge in [-0.3, -0.25) is 0 Å². The van der Waals surface area contributed by atoms with Gasteiger partial charge < -0.3 is 10.4 Å². The van der Waals surface area contributed by atoms with Crippen molar-refractivity contribution in [2.45, 2.75) is 0 Å². The monoisotopic (exact) mass is 112 g/mol. The molecule has 0 aliphatic rings. The van der Waals surface area contributed by atoms with Crippen LogP contribution >= 0.6 is 0 Å². The predicted octanol–water partition coefficient (Wildman–Crippen LogP) is -1.05. The lowest BCUT2D eigenvalue weighted by Crippen LogP contribution is -2.59. The van der Waals surface area contributed by atoms with E-state index < -0.39 is 0 Å². The zero-order valence-electron chi connectivity index (χ0n) is 4.02. The molecule has 0 aliphatic heterocycles. The highest BCUT2D eigenvalue weighted by molar-refractivity contribution is 4.74. The molecular formula is C4H4N2O2. The Hall–Kier alpha value is -1.32. The van der Waals surface area contributed by atoms with Crippen molar-refractivity contribution in [3.8, 4) is 0 Å². The van der Waals surface area contributed by atoms with E-state index in [1.165, 1.54) is 12.1 Å². The van der Waals surface area contributed by atoms with Crippen LogP contribution in [0.4, 0.5) is 0 Å². The smallest absolute Gasteiger partial charge is 0.253 e. The highest BCUT2D eigenvalue weighted by atomic mass is 16.6. The summed E-state index contributed by atoms with van der Waals surface area (Å²) in [5, 5.41) is 20.4. The SMILES string of the molecule is [O-][n+]1cccc[n+]1[O-]. The van der Waals surface area contributed by atoms with E-state index in [1.54, 1.807) is 0 Å². The first kappa shape index (κ1) is 4.83. The molecule has 0 saturated heterocycles. The van der Waals surface area contributed by atoms with Crippen LogP contribution in [0.2, 0.25) is 0 Å². The molecule has 0 amide bonds. The third-order valence-corrected chi connectivity index (χ3v) is 0.733. The van der Waals surface area contributed by atoms with Gasteiger partial charge in [0.15, 0.2) is 0 Å². The molecule has 4 heteroatoms. The van der Waals surface area contributed by atoms with Gasteiger partial charge in [0.1, 0.15) is 0 Å². The van der Waals surface area contributed by atoms with Gasteiger partial charge in [0.05, 0.1) is 9.69 Å². The molecule has 1 rings (SSSR count). The Kier molecular flexibility index (Phi) is 0.997. The Morgan fingerprint density at radius 3 is 1.50 bits per heavy atom. The molecule has 0 aliphatic carbocycles. The second-order valence-electron chi connectivity index (χ2n) is 1.29. The van der Waals surface area contributed by atoms with E-state index in [2.05, 4.69) is 0 Å². The summed E-state index contributed by atoms with van der Waals surface area (Å²) in [6, 6.07) is 2.98. The maximum Gasteiger partial charge on any atom is 0.253 e. The minimum atomic E-state index is 0.194. The molecule has 0 spiro atoms. The van der Waals surface area contributed by atoms with E-state index in [-0.39, 0.29) is 9.69 Å². The fourth-order valence-electron chi connectivity index (χ4n) is 0.378. The fraction of sp³-hybridized carbons (Fsp3) is 0. The molecule has 0 saturated carbocycles. The molecule has 0 fully saturated rings. The van der Waals surface area contributed by atoms with Crippen molar-refractivity contribution in [3.05, 3.63) is 34.9 Å². The standard InChI is InChI=1S/C4H4N2O2/c7-5-3-1-2-4-6(5)8/h1-4H. The van der Waals surface area contributed by atoms with Gasteiger partial charge in [-0.1, -0.05) is 0 Å². The lowest BCUT2D eigenvalue weighted by molar-refractivity contribution is -1.19. The lowest BCUT2D eigenvalue weighted by Gasteiger charge is -1.91. The summed E-state index contributed by atoms with van der Waals surface area (Å²) in [4.78, 5) is 0.389. The highest BCUT2D eigenvalue weighted by Crippen LogP contribution is 1.65. The zero-order valence-corrected chi connectivity index (χ0v) is 4.02. The molecule has 0 unspecified atom stereocenters. The molecule has 0 atom stereocenters. The zero-order chi connectivity index (χ0) is 5.98. The Balaban J connectivity index is 3.13. The summed E-state index contributed by atoms with van der Waals surface area (Å²) in [6.07, 6.45) is 2.26. The maximum atomic E-state index is 10.2. The van der Waals surface area contributed by atoms with Gasteiger partial charge >= 0.3 is 0 Å². The number of hydrogen-bond acceptors (Lipinski definition) is 2. The van der Waals surface area contributed by atoms with Crippen LogP contribution in [-0.4, -0.2) is 0 Å². The molecule has 42 valence electrons. The number of rotatable bonds is 0. The fourth-order valence-corrected chi connectivity index (χ4v) is 0.378. The number of hydrogen-bond donors (Lipinski definition) is 0. The average Bonchev–Trinajstić information content (AvgIpc) is 1.77. The quantitative estimate of drug-likeness (QED) is 0.317. The molecule has 1 aromatic rings. The van der Waals surface area contributed by atoms with Crippen molar-refractivity contribution >= 4 is 0 Å². The van der Waals surface area contributed by atoms with Gasteiger partial charge in [0.2, 0.25) is 0 Å². The van der Waals surface area contributed by atoms with E-state index in [4.69, 9.17) is 0 Å². The van der Waals surface area contributed by atoms with E-state index in [1.807, 2.05) is 0 Å². The van der Waals surface area contributed by atoms with Crippen LogP contribution in [0.1, 0.15) is 0 Å². The highest BCUT2D eigenvalue weighted by Gasteiger charge is 1.93. The minimum Gasteiger partial charge on any atom is -0.561 e. The van der Waals surface area contributed by atoms with Crippen molar-refractivity contribution in [1.82, 2.24) is 0 Å². The molecule has 0 bridgehead atoms. The molecule has 8 heavy (non-hydrogen) atoms. The van der Waals surface area contributed by atoms with Crippen molar-refractivity contribution in [2.24, 2.45) is 0 Å². The van der Waals surface area contributed by atoms with Crippen LogP contribution in [0.15, 0.2) is 24.5 Å². The largest absolute Gasteiger partial charge is 0.561 e. The summed E-state index contributed by atoms with van der Waals surface area (Å²) in [7, 11) is 0. The van der Waals surface area contributed by atoms with Crippen LogP contribution < -0.4 is 9.69 Å². The van der Waals surface area contributed by atoms with Crippen LogP contribution in [-0.2, 0) is 0 Å². The summed E-state index contributed by atoms with van der Waals surface area (Å²) < 4.78 is 0. The van der Waals surface area contributed by atoms with E-state index in [9.17, 15) is 10.4 Å². The van der Waals surface area contributed by atoms with Crippen molar-refractivity contribution in [2.75, 3.05) is 0 Å². The first-order valence-corrected chi connectivity index (χ1v) is 2.08. The van der Waals surface area contributed by atoms with Crippen molar-refractivity contribution < 1.29 is 9.69 Å². The van der Waals surface area contributed by atoms with Crippen LogP contribution in [0.25, 0.3) is 0 Å². The summed E-state index contributed by atoms with van der Waals surface area (Å²) in [5.74, 6) is 0. The third kappa shape index (κ3) is 0.676. The Morgan fingerprint density at radius 1 is 0.875 bits per heavy atom. The molecule has 1 aromatic heterocycles. The number of aromatic nitrogens is 2. The summed E-state index contributed by atoms with van der Waals surface area (Å²) >= 11 is 0.